The molecule has 1 aliphatic rings. The largest absolute Gasteiger partial charge is 0.341 e. The summed E-state index contributed by atoms with van der Waals surface area (Å²) in [4.78, 5) is 13.7. The lowest BCUT2D eigenvalue weighted by molar-refractivity contribution is -0.132. The van der Waals surface area contributed by atoms with E-state index in [1.807, 2.05) is 4.90 Å². The molecule has 0 aromatic carbocycles. The molecule has 0 aromatic heterocycles. The molecule has 3 heteroatoms. The molecule has 1 atom stereocenters. The van der Waals surface area contributed by atoms with Crippen molar-refractivity contribution < 1.29 is 4.79 Å². The van der Waals surface area contributed by atoms with Gasteiger partial charge in [-0.25, -0.2) is 0 Å². The minimum Gasteiger partial charge on any atom is -0.341 e. The van der Waals surface area contributed by atoms with Crippen molar-refractivity contribution in [3.63, 3.8) is 0 Å². The van der Waals surface area contributed by atoms with Gasteiger partial charge in [-0.1, -0.05) is 26.2 Å². The van der Waals surface area contributed by atoms with Gasteiger partial charge >= 0.3 is 0 Å². The van der Waals surface area contributed by atoms with E-state index in [9.17, 15) is 4.79 Å². The van der Waals surface area contributed by atoms with Crippen molar-refractivity contribution in [1.29, 1.82) is 0 Å². The van der Waals surface area contributed by atoms with Crippen LogP contribution >= 0.6 is 0 Å². The summed E-state index contributed by atoms with van der Waals surface area (Å²) in [7, 11) is 0. The molecule has 0 bridgehead atoms. The molecule has 1 aliphatic heterocycles. The van der Waals surface area contributed by atoms with Crippen LogP contribution in [0, 0.1) is 0 Å². The summed E-state index contributed by atoms with van der Waals surface area (Å²) >= 11 is 0. The lowest BCUT2D eigenvalue weighted by atomic mass is 10.1. The Kier molecular flexibility index (Phi) is 5.69. The molecule has 1 fully saturated rings. The lowest BCUT2D eigenvalue weighted by Crippen LogP contribution is -2.45. The maximum Gasteiger partial charge on any atom is 0.222 e. The maximum atomic E-state index is 11.8. The second kappa shape index (κ2) is 6.83. The third kappa shape index (κ3) is 4.65. The highest BCUT2D eigenvalue weighted by molar-refractivity contribution is 5.76. The van der Waals surface area contributed by atoms with Crippen LogP contribution in [-0.4, -0.2) is 29.9 Å². The van der Waals surface area contributed by atoms with Crippen LogP contribution < -0.4 is 5.73 Å². The van der Waals surface area contributed by atoms with Gasteiger partial charge in [0.25, 0.3) is 0 Å². The highest BCUT2D eigenvalue weighted by Gasteiger charge is 2.20. The summed E-state index contributed by atoms with van der Waals surface area (Å²) in [5.41, 5.74) is 5.85. The quantitative estimate of drug-likeness (QED) is 0.708. The third-order valence-electron chi connectivity index (χ3n) is 3.05. The van der Waals surface area contributed by atoms with Crippen LogP contribution in [-0.2, 0) is 4.79 Å². The number of unbranched alkanes of at least 4 members (excludes halogenated alkanes) is 3. The Morgan fingerprint density at radius 2 is 2.20 bits per heavy atom. The first kappa shape index (κ1) is 12.5. The monoisotopic (exact) mass is 212 g/mol. The predicted octanol–water partition coefficient (Wildman–Crippen LogP) is 1.91. The van der Waals surface area contributed by atoms with Crippen molar-refractivity contribution in [2.24, 2.45) is 5.73 Å². The van der Waals surface area contributed by atoms with Crippen molar-refractivity contribution in [3.8, 4) is 0 Å². The zero-order valence-corrected chi connectivity index (χ0v) is 9.87. The summed E-state index contributed by atoms with van der Waals surface area (Å²) in [5.74, 6) is 0.307. The molecule has 88 valence electrons. The third-order valence-corrected chi connectivity index (χ3v) is 3.05. The van der Waals surface area contributed by atoms with Crippen LogP contribution in [0.2, 0.25) is 0 Å². The predicted molar refractivity (Wildman–Crippen MR) is 62.5 cm³/mol. The summed E-state index contributed by atoms with van der Waals surface area (Å²) in [6.45, 7) is 3.87. The molecule has 1 saturated heterocycles. The minimum atomic E-state index is 0.207. The number of likely N-dealkylation sites (tertiary alicyclic amines) is 1. The SMILES string of the molecule is CCCCCCC(=O)N1CCCC(N)C1. The van der Waals surface area contributed by atoms with E-state index in [4.69, 9.17) is 5.73 Å². The van der Waals surface area contributed by atoms with Gasteiger partial charge < -0.3 is 10.6 Å². The van der Waals surface area contributed by atoms with Crippen LogP contribution in [0.3, 0.4) is 0 Å². The number of nitrogens with zero attached hydrogens (tertiary/aromatic N) is 1. The van der Waals surface area contributed by atoms with Crippen LogP contribution in [0.15, 0.2) is 0 Å². The number of carbonyl (C=O) groups excluding carboxylic acids is 1. The van der Waals surface area contributed by atoms with Gasteiger partial charge in [0, 0.05) is 25.6 Å². The van der Waals surface area contributed by atoms with E-state index in [-0.39, 0.29) is 6.04 Å². The molecule has 0 aromatic rings. The number of carbonyl (C=O) groups is 1. The molecule has 0 aliphatic carbocycles. The smallest absolute Gasteiger partial charge is 0.222 e. The highest BCUT2D eigenvalue weighted by atomic mass is 16.2. The van der Waals surface area contributed by atoms with Crippen LogP contribution in [0.1, 0.15) is 51.9 Å². The number of piperidine rings is 1. The van der Waals surface area contributed by atoms with Crippen molar-refractivity contribution in [2.75, 3.05) is 13.1 Å². The molecule has 1 rings (SSSR count). The van der Waals surface area contributed by atoms with Gasteiger partial charge in [0.05, 0.1) is 0 Å². The number of amides is 1. The van der Waals surface area contributed by atoms with E-state index >= 15 is 0 Å². The maximum absolute atomic E-state index is 11.8. The van der Waals surface area contributed by atoms with Crippen molar-refractivity contribution >= 4 is 5.91 Å². The molecule has 15 heavy (non-hydrogen) atoms. The topological polar surface area (TPSA) is 46.3 Å². The second-order valence-corrected chi connectivity index (χ2v) is 4.55. The van der Waals surface area contributed by atoms with Crippen molar-refractivity contribution in [1.82, 2.24) is 4.90 Å². The molecule has 1 amide bonds. The Morgan fingerprint density at radius 1 is 1.40 bits per heavy atom. The van der Waals surface area contributed by atoms with E-state index in [0.717, 1.165) is 32.4 Å². The Bertz CT molecular complexity index is 194. The fourth-order valence-electron chi connectivity index (χ4n) is 2.10. The Labute approximate surface area is 93.0 Å². The van der Waals surface area contributed by atoms with Crippen molar-refractivity contribution in [2.45, 2.75) is 57.9 Å². The van der Waals surface area contributed by atoms with Crippen LogP contribution in [0.5, 0.6) is 0 Å². The molecular weight excluding hydrogens is 188 g/mol. The summed E-state index contributed by atoms with van der Waals surface area (Å²) < 4.78 is 0. The van der Waals surface area contributed by atoms with E-state index < -0.39 is 0 Å². The molecular formula is C12H24N2O. The molecule has 0 saturated carbocycles. The molecule has 1 unspecified atom stereocenters. The average Bonchev–Trinajstić information content (AvgIpc) is 2.24. The summed E-state index contributed by atoms with van der Waals surface area (Å²) in [6, 6.07) is 0.207. The van der Waals surface area contributed by atoms with Crippen molar-refractivity contribution in [3.05, 3.63) is 0 Å². The standard InChI is InChI=1S/C12H24N2O/c1-2-3-4-5-8-12(15)14-9-6-7-11(13)10-14/h11H,2-10,13H2,1H3. The van der Waals surface area contributed by atoms with Gasteiger partial charge in [0.15, 0.2) is 0 Å². The number of nitrogens with two attached hydrogens (primary N) is 1. The molecule has 2 N–H and O–H groups in total. The number of rotatable bonds is 5. The van der Waals surface area contributed by atoms with E-state index in [1.165, 1.54) is 19.3 Å². The van der Waals surface area contributed by atoms with Gasteiger partial charge in [0.2, 0.25) is 5.91 Å². The highest BCUT2D eigenvalue weighted by Crippen LogP contribution is 2.11. The minimum absolute atomic E-state index is 0.207. The molecule has 1 heterocycles. The van der Waals surface area contributed by atoms with Gasteiger partial charge in [-0.2, -0.15) is 0 Å². The number of hydrogen-bond acceptors (Lipinski definition) is 2. The fourth-order valence-corrected chi connectivity index (χ4v) is 2.10. The zero-order valence-electron chi connectivity index (χ0n) is 9.87. The Hall–Kier alpha value is -0.570. The zero-order chi connectivity index (χ0) is 11.1. The summed E-state index contributed by atoms with van der Waals surface area (Å²) in [5, 5.41) is 0. The Balaban J connectivity index is 2.15. The lowest BCUT2D eigenvalue weighted by Gasteiger charge is -2.30. The molecule has 0 radical (unpaired) electrons. The van der Waals surface area contributed by atoms with Gasteiger partial charge in [0.1, 0.15) is 0 Å². The first-order valence-electron chi connectivity index (χ1n) is 6.27. The van der Waals surface area contributed by atoms with E-state index in [1.54, 1.807) is 0 Å². The number of hydrogen-bond donors (Lipinski definition) is 1. The fraction of sp³-hybridized carbons (Fsp3) is 0.917. The summed E-state index contributed by atoms with van der Waals surface area (Å²) in [6.07, 6.45) is 7.55. The average molecular weight is 212 g/mol. The molecule has 3 nitrogen and oxygen atoms in total. The second-order valence-electron chi connectivity index (χ2n) is 4.55. The van der Waals surface area contributed by atoms with Gasteiger partial charge in [-0.05, 0) is 19.3 Å². The van der Waals surface area contributed by atoms with Crippen LogP contribution in [0.4, 0.5) is 0 Å². The molecule has 0 spiro atoms. The Morgan fingerprint density at radius 3 is 2.87 bits per heavy atom. The van der Waals surface area contributed by atoms with Crippen LogP contribution in [0.25, 0.3) is 0 Å². The first-order chi connectivity index (χ1) is 7.24. The first-order valence-corrected chi connectivity index (χ1v) is 6.27. The normalized spacial score (nSPS) is 21.7. The van der Waals surface area contributed by atoms with Gasteiger partial charge in [-0.15, -0.1) is 0 Å². The van der Waals surface area contributed by atoms with Gasteiger partial charge in [-0.3, -0.25) is 4.79 Å². The van der Waals surface area contributed by atoms with E-state index in [2.05, 4.69) is 6.92 Å². The van der Waals surface area contributed by atoms with E-state index in [0.29, 0.717) is 12.3 Å².